The van der Waals surface area contributed by atoms with Crippen molar-refractivity contribution in [1.29, 1.82) is 0 Å². The molecule has 1 aliphatic heterocycles. The lowest BCUT2D eigenvalue weighted by Crippen LogP contribution is -2.39. The zero-order valence-electron chi connectivity index (χ0n) is 18.6. The molecule has 0 radical (unpaired) electrons. The van der Waals surface area contributed by atoms with Gasteiger partial charge in [-0.25, -0.2) is 4.39 Å². The number of halogens is 1. The average Bonchev–Trinajstić information content (AvgIpc) is 3.41. The molecular formula is C25H25FN4O3S. The van der Waals surface area contributed by atoms with E-state index in [1.807, 2.05) is 29.2 Å². The number of nitrogens with two attached hydrogens (primary N) is 1. The van der Waals surface area contributed by atoms with Crippen molar-refractivity contribution in [1.82, 2.24) is 4.90 Å². The molecule has 176 valence electrons. The summed E-state index contributed by atoms with van der Waals surface area (Å²) >= 11 is 1.15. The number of carbonyl (C=O) groups is 3. The molecule has 1 fully saturated rings. The van der Waals surface area contributed by atoms with Crippen LogP contribution < -0.4 is 16.4 Å². The van der Waals surface area contributed by atoms with Crippen molar-refractivity contribution >= 4 is 39.7 Å². The molecule has 7 nitrogen and oxygen atoms in total. The van der Waals surface area contributed by atoms with E-state index in [1.165, 1.54) is 18.2 Å². The number of aryl methyl sites for hydroxylation is 1. The zero-order chi connectivity index (χ0) is 24.2. The summed E-state index contributed by atoms with van der Waals surface area (Å²) < 4.78 is 13.4. The van der Waals surface area contributed by atoms with Gasteiger partial charge in [0, 0.05) is 17.8 Å². The van der Waals surface area contributed by atoms with Crippen LogP contribution in [0.15, 0.2) is 54.6 Å². The van der Waals surface area contributed by atoms with Crippen LogP contribution in [0.5, 0.6) is 0 Å². The maximum Gasteiger partial charge on any atom is 0.266 e. The normalized spacial score (nSPS) is 15.8. The van der Waals surface area contributed by atoms with E-state index in [0.717, 1.165) is 42.4 Å². The van der Waals surface area contributed by atoms with Crippen molar-refractivity contribution in [3.8, 4) is 0 Å². The topological polar surface area (TPSA) is 105 Å². The van der Waals surface area contributed by atoms with Crippen LogP contribution in [0.3, 0.4) is 0 Å². The molecule has 0 spiro atoms. The van der Waals surface area contributed by atoms with Crippen molar-refractivity contribution < 1.29 is 18.8 Å². The summed E-state index contributed by atoms with van der Waals surface area (Å²) in [5.74, 6) is -1.58. The van der Waals surface area contributed by atoms with Crippen molar-refractivity contribution in [2.24, 2.45) is 5.73 Å². The number of thiophene rings is 1. The largest absolute Gasteiger partial charge is 0.368 e. The maximum atomic E-state index is 13.4. The van der Waals surface area contributed by atoms with Gasteiger partial charge >= 0.3 is 0 Å². The Balaban J connectivity index is 1.47. The molecule has 3 amide bonds. The first-order valence-electron chi connectivity index (χ1n) is 10.9. The minimum absolute atomic E-state index is 0.196. The number of anilines is 2. The number of para-hydroxylation sites is 1. The molecule has 0 saturated carbocycles. The second-order valence-electron chi connectivity index (χ2n) is 8.23. The minimum Gasteiger partial charge on any atom is -0.368 e. The first-order valence-corrected chi connectivity index (χ1v) is 11.7. The highest BCUT2D eigenvalue weighted by Gasteiger charge is 2.29. The third-order valence-electron chi connectivity index (χ3n) is 5.78. The Labute approximate surface area is 200 Å². The lowest BCUT2D eigenvalue weighted by molar-refractivity contribution is -0.122. The van der Waals surface area contributed by atoms with E-state index in [0.29, 0.717) is 27.7 Å². The van der Waals surface area contributed by atoms with E-state index in [1.54, 1.807) is 13.0 Å². The van der Waals surface area contributed by atoms with E-state index in [4.69, 9.17) is 5.73 Å². The highest BCUT2D eigenvalue weighted by Crippen LogP contribution is 2.29. The van der Waals surface area contributed by atoms with Crippen molar-refractivity contribution in [3.63, 3.8) is 0 Å². The van der Waals surface area contributed by atoms with Gasteiger partial charge in [-0.3, -0.25) is 19.3 Å². The van der Waals surface area contributed by atoms with E-state index in [-0.39, 0.29) is 23.4 Å². The Morgan fingerprint density at radius 1 is 1.09 bits per heavy atom. The second kappa shape index (κ2) is 10.1. The van der Waals surface area contributed by atoms with Crippen LogP contribution in [0.2, 0.25) is 0 Å². The fraction of sp³-hybridized carbons (Fsp3) is 0.240. The van der Waals surface area contributed by atoms with E-state index >= 15 is 0 Å². The molecule has 4 rings (SSSR count). The average molecular weight is 481 g/mol. The molecular weight excluding hydrogens is 455 g/mol. The second-order valence-corrected chi connectivity index (χ2v) is 9.28. The number of carbonyl (C=O) groups excluding carboxylic acids is 3. The number of nitrogens with one attached hydrogen (secondary N) is 2. The van der Waals surface area contributed by atoms with Gasteiger partial charge in [-0.15, -0.1) is 11.3 Å². The number of hydrogen-bond acceptors (Lipinski definition) is 5. The number of benzene rings is 2. The molecule has 1 aliphatic rings. The molecule has 1 unspecified atom stereocenters. The smallest absolute Gasteiger partial charge is 0.266 e. The molecule has 4 N–H and O–H groups in total. The summed E-state index contributed by atoms with van der Waals surface area (Å²) in [5, 5.41) is 6.17. The Bertz CT molecular complexity index is 1240. The molecule has 2 aromatic carbocycles. The number of primary amides is 1. The summed E-state index contributed by atoms with van der Waals surface area (Å²) in [6, 6.07) is 14.3. The lowest BCUT2D eigenvalue weighted by Gasteiger charge is -2.23. The predicted octanol–water partition coefficient (Wildman–Crippen LogP) is 4.15. The van der Waals surface area contributed by atoms with Gasteiger partial charge < -0.3 is 16.4 Å². The van der Waals surface area contributed by atoms with E-state index < -0.39 is 11.7 Å². The molecule has 34 heavy (non-hydrogen) atoms. The fourth-order valence-corrected chi connectivity index (χ4v) is 5.06. The number of hydrogen-bond donors (Lipinski definition) is 3. The van der Waals surface area contributed by atoms with Crippen molar-refractivity contribution in [2.75, 3.05) is 17.2 Å². The van der Waals surface area contributed by atoms with E-state index in [2.05, 4.69) is 10.6 Å². The van der Waals surface area contributed by atoms with Crippen molar-refractivity contribution in [2.45, 2.75) is 32.4 Å². The maximum absolute atomic E-state index is 13.4. The first kappa shape index (κ1) is 23.6. The Kier molecular flexibility index (Phi) is 7.04. The molecule has 1 aromatic heterocycles. The molecule has 0 aliphatic carbocycles. The molecule has 2 heterocycles. The Morgan fingerprint density at radius 2 is 1.88 bits per heavy atom. The summed E-state index contributed by atoms with van der Waals surface area (Å²) in [5.41, 5.74) is 7.98. The quantitative estimate of drug-likeness (QED) is 0.473. The molecule has 3 aromatic rings. The summed E-state index contributed by atoms with van der Waals surface area (Å²) in [4.78, 5) is 39.7. The number of amides is 3. The van der Waals surface area contributed by atoms with E-state index in [9.17, 15) is 18.8 Å². The van der Waals surface area contributed by atoms with Gasteiger partial charge in [-0.05, 0) is 67.8 Å². The summed E-state index contributed by atoms with van der Waals surface area (Å²) in [6.07, 6.45) is 1.64. The van der Waals surface area contributed by atoms with Crippen LogP contribution >= 0.6 is 11.3 Å². The van der Waals surface area contributed by atoms with Gasteiger partial charge in [0.2, 0.25) is 5.91 Å². The van der Waals surface area contributed by atoms with Crippen LogP contribution in [-0.2, 0) is 11.3 Å². The molecule has 1 saturated heterocycles. The Morgan fingerprint density at radius 3 is 2.65 bits per heavy atom. The number of nitrogens with zero attached hydrogens (tertiary/aromatic N) is 1. The summed E-state index contributed by atoms with van der Waals surface area (Å²) in [7, 11) is 0. The van der Waals surface area contributed by atoms with Gasteiger partial charge in [0.15, 0.2) is 0 Å². The van der Waals surface area contributed by atoms with Crippen LogP contribution in [0.1, 0.15) is 44.0 Å². The van der Waals surface area contributed by atoms with Gasteiger partial charge in [-0.2, -0.15) is 0 Å². The van der Waals surface area contributed by atoms with Crippen LogP contribution in [-0.4, -0.2) is 35.2 Å². The zero-order valence-corrected chi connectivity index (χ0v) is 19.5. The number of likely N-dealkylation sites (tertiary alicyclic amines) is 1. The van der Waals surface area contributed by atoms with Crippen molar-refractivity contribution in [3.05, 3.63) is 82.0 Å². The molecule has 9 heteroatoms. The predicted molar refractivity (Wildman–Crippen MR) is 130 cm³/mol. The monoisotopic (exact) mass is 480 g/mol. The third kappa shape index (κ3) is 5.32. The summed E-state index contributed by atoms with van der Waals surface area (Å²) in [6.45, 7) is 3.06. The van der Waals surface area contributed by atoms with Gasteiger partial charge in [0.25, 0.3) is 11.8 Å². The highest BCUT2D eigenvalue weighted by atomic mass is 32.1. The van der Waals surface area contributed by atoms with Crippen LogP contribution in [0, 0.1) is 12.7 Å². The van der Waals surface area contributed by atoms with Crippen LogP contribution in [0.25, 0.3) is 0 Å². The lowest BCUT2D eigenvalue weighted by atomic mass is 10.1. The number of rotatable bonds is 7. The molecule has 0 bridgehead atoms. The first-order chi connectivity index (χ1) is 16.3. The van der Waals surface area contributed by atoms with Crippen LogP contribution in [0.4, 0.5) is 15.1 Å². The fourth-order valence-electron chi connectivity index (χ4n) is 4.10. The highest BCUT2D eigenvalue weighted by molar-refractivity contribution is 7.18. The van der Waals surface area contributed by atoms with Gasteiger partial charge in [0.1, 0.15) is 5.82 Å². The van der Waals surface area contributed by atoms with Gasteiger partial charge in [-0.1, -0.05) is 24.3 Å². The molecule has 1 atom stereocenters. The van der Waals surface area contributed by atoms with Gasteiger partial charge in [0.05, 0.1) is 15.9 Å². The Hall–Kier alpha value is -3.56. The third-order valence-corrected chi connectivity index (χ3v) is 6.93. The standard InChI is InChI=1S/C25H25FN4O3S/c1-15-12-21(29-24(32)16-7-4-8-18(26)13-16)34-22(15)25(33)28-19-9-3-2-6-17(19)14-30-11-5-10-20(30)23(27)31/h2-4,6-9,12-13,20H,5,10-11,14H2,1H3,(H2,27,31)(H,28,33)(H,29,32). The minimum atomic E-state index is -0.496. The SMILES string of the molecule is Cc1cc(NC(=O)c2cccc(F)c2)sc1C(=O)Nc1ccccc1CN1CCCC1C(N)=O.